The summed E-state index contributed by atoms with van der Waals surface area (Å²) in [6, 6.07) is 6.96. The molecule has 4 nitrogen and oxygen atoms in total. The standard InChI is InChI=1S/C15H21FN2O2/c1-20-11-15(19)17-13-6-4-8-18(10-13)9-12-5-2-3-7-14(12)16/h2-3,5,7,13H,4,6,8-11H2,1H3,(H,17,19)/t13-/m1/s1. The highest BCUT2D eigenvalue weighted by Gasteiger charge is 2.21. The van der Waals surface area contributed by atoms with Crippen LogP contribution in [0.1, 0.15) is 18.4 Å². The van der Waals surface area contributed by atoms with E-state index in [-0.39, 0.29) is 24.4 Å². The van der Waals surface area contributed by atoms with Crippen LogP contribution in [0.4, 0.5) is 4.39 Å². The van der Waals surface area contributed by atoms with Crippen LogP contribution >= 0.6 is 0 Å². The Hall–Kier alpha value is -1.46. The maximum Gasteiger partial charge on any atom is 0.246 e. The fourth-order valence-electron chi connectivity index (χ4n) is 2.58. The summed E-state index contributed by atoms with van der Waals surface area (Å²) in [5.74, 6) is -0.261. The van der Waals surface area contributed by atoms with E-state index in [9.17, 15) is 9.18 Å². The summed E-state index contributed by atoms with van der Waals surface area (Å²) in [5.41, 5.74) is 0.705. The Balaban J connectivity index is 1.87. The number of hydrogen-bond acceptors (Lipinski definition) is 3. The van der Waals surface area contributed by atoms with Gasteiger partial charge >= 0.3 is 0 Å². The van der Waals surface area contributed by atoms with Gasteiger partial charge in [-0.05, 0) is 25.5 Å². The normalized spacial score (nSPS) is 19.8. The first-order valence-electron chi connectivity index (χ1n) is 6.93. The third kappa shape index (κ3) is 4.28. The van der Waals surface area contributed by atoms with Gasteiger partial charge in [0.1, 0.15) is 12.4 Å². The van der Waals surface area contributed by atoms with E-state index in [1.807, 2.05) is 12.1 Å². The van der Waals surface area contributed by atoms with Crippen LogP contribution in [0.5, 0.6) is 0 Å². The van der Waals surface area contributed by atoms with E-state index < -0.39 is 0 Å². The van der Waals surface area contributed by atoms with Crippen LogP contribution in [-0.4, -0.2) is 43.7 Å². The molecule has 1 fully saturated rings. The number of carbonyl (C=O) groups excluding carboxylic acids is 1. The van der Waals surface area contributed by atoms with Crippen molar-refractivity contribution in [3.63, 3.8) is 0 Å². The monoisotopic (exact) mass is 280 g/mol. The highest BCUT2D eigenvalue weighted by molar-refractivity contribution is 5.77. The quantitative estimate of drug-likeness (QED) is 0.890. The number of rotatable bonds is 5. The van der Waals surface area contributed by atoms with Gasteiger partial charge in [0.25, 0.3) is 0 Å². The van der Waals surface area contributed by atoms with Crippen molar-refractivity contribution in [2.45, 2.75) is 25.4 Å². The fourth-order valence-corrected chi connectivity index (χ4v) is 2.58. The number of likely N-dealkylation sites (tertiary alicyclic amines) is 1. The Morgan fingerprint density at radius 1 is 1.50 bits per heavy atom. The van der Waals surface area contributed by atoms with Gasteiger partial charge in [0.15, 0.2) is 0 Å². The van der Waals surface area contributed by atoms with Gasteiger partial charge in [0.05, 0.1) is 0 Å². The van der Waals surface area contributed by atoms with Gasteiger partial charge in [0.2, 0.25) is 5.91 Å². The molecule has 1 saturated heterocycles. The molecule has 110 valence electrons. The topological polar surface area (TPSA) is 41.6 Å². The summed E-state index contributed by atoms with van der Waals surface area (Å²) in [7, 11) is 1.50. The number of amides is 1. The van der Waals surface area contributed by atoms with Crippen LogP contribution in [0.25, 0.3) is 0 Å². The number of carbonyl (C=O) groups is 1. The van der Waals surface area contributed by atoms with Crippen LogP contribution in [0.15, 0.2) is 24.3 Å². The Kier molecular flexibility index (Phi) is 5.49. The summed E-state index contributed by atoms with van der Waals surface area (Å²) in [6.07, 6.45) is 1.97. The Morgan fingerprint density at radius 3 is 3.05 bits per heavy atom. The van der Waals surface area contributed by atoms with Crippen molar-refractivity contribution in [2.75, 3.05) is 26.8 Å². The Morgan fingerprint density at radius 2 is 2.30 bits per heavy atom. The minimum absolute atomic E-state index is 0.0871. The highest BCUT2D eigenvalue weighted by atomic mass is 19.1. The van der Waals surface area contributed by atoms with E-state index in [0.29, 0.717) is 12.1 Å². The van der Waals surface area contributed by atoms with Crippen molar-refractivity contribution in [1.29, 1.82) is 0 Å². The molecule has 0 unspecified atom stereocenters. The van der Waals surface area contributed by atoms with Gasteiger partial charge in [-0.15, -0.1) is 0 Å². The van der Waals surface area contributed by atoms with Crippen molar-refractivity contribution in [2.24, 2.45) is 0 Å². The van der Waals surface area contributed by atoms with E-state index >= 15 is 0 Å². The third-order valence-corrected chi connectivity index (χ3v) is 3.50. The van der Waals surface area contributed by atoms with Crippen LogP contribution in [0.3, 0.4) is 0 Å². The second-order valence-electron chi connectivity index (χ2n) is 5.17. The predicted octanol–water partition coefficient (Wildman–Crippen LogP) is 1.55. The number of halogens is 1. The lowest BCUT2D eigenvalue weighted by atomic mass is 10.0. The van der Waals surface area contributed by atoms with E-state index in [1.54, 1.807) is 6.07 Å². The molecule has 1 aliphatic rings. The summed E-state index contributed by atoms with van der Waals surface area (Å²) >= 11 is 0. The van der Waals surface area contributed by atoms with Crippen LogP contribution in [-0.2, 0) is 16.1 Å². The maximum atomic E-state index is 13.6. The number of benzene rings is 1. The van der Waals surface area contributed by atoms with Gasteiger partial charge < -0.3 is 10.1 Å². The summed E-state index contributed by atoms with van der Waals surface area (Å²) in [5, 5.41) is 2.95. The van der Waals surface area contributed by atoms with Crippen molar-refractivity contribution < 1.29 is 13.9 Å². The predicted molar refractivity (Wildman–Crippen MR) is 74.7 cm³/mol. The van der Waals surface area contributed by atoms with Gasteiger partial charge in [-0.3, -0.25) is 9.69 Å². The number of methoxy groups -OCH3 is 1. The number of piperidine rings is 1. The Bertz CT molecular complexity index is 453. The molecule has 1 aromatic carbocycles. The first kappa shape index (κ1) is 14.9. The number of ether oxygens (including phenoxy) is 1. The van der Waals surface area contributed by atoms with E-state index in [4.69, 9.17) is 4.74 Å². The van der Waals surface area contributed by atoms with Crippen molar-refractivity contribution in [3.8, 4) is 0 Å². The fraction of sp³-hybridized carbons (Fsp3) is 0.533. The molecular formula is C15H21FN2O2. The lowest BCUT2D eigenvalue weighted by Gasteiger charge is -2.33. The molecule has 1 heterocycles. The van der Waals surface area contributed by atoms with Crippen molar-refractivity contribution >= 4 is 5.91 Å². The van der Waals surface area contributed by atoms with Gasteiger partial charge in [-0.25, -0.2) is 4.39 Å². The molecule has 0 bridgehead atoms. The average molecular weight is 280 g/mol. The van der Waals surface area contributed by atoms with Gasteiger partial charge in [0, 0.05) is 31.8 Å². The number of nitrogens with one attached hydrogen (secondary N) is 1. The number of nitrogens with zero attached hydrogens (tertiary/aromatic N) is 1. The molecule has 5 heteroatoms. The first-order valence-corrected chi connectivity index (χ1v) is 6.93. The molecule has 0 radical (unpaired) electrons. The lowest BCUT2D eigenvalue weighted by Crippen LogP contribution is -2.48. The molecule has 1 amide bonds. The van der Waals surface area contributed by atoms with Crippen molar-refractivity contribution in [1.82, 2.24) is 10.2 Å². The Labute approximate surface area is 118 Å². The molecule has 1 aliphatic heterocycles. The smallest absolute Gasteiger partial charge is 0.246 e. The second-order valence-corrected chi connectivity index (χ2v) is 5.17. The minimum Gasteiger partial charge on any atom is -0.375 e. The van der Waals surface area contributed by atoms with Gasteiger partial charge in [-0.2, -0.15) is 0 Å². The summed E-state index contributed by atoms with van der Waals surface area (Å²) in [6.45, 7) is 2.36. The van der Waals surface area contributed by atoms with Crippen molar-refractivity contribution in [3.05, 3.63) is 35.6 Å². The molecule has 0 aliphatic carbocycles. The van der Waals surface area contributed by atoms with Gasteiger partial charge in [-0.1, -0.05) is 18.2 Å². The number of hydrogen-bond donors (Lipinski definition) is 1. The van der Waals surface area contributed by atoms with Crippen LogP contribution < -0.4 is 5.32 Å². The zero-order valence-electron chi connectivity index (χ0n) is 11.8. The molecule has 0 aromatic heterocycles. The second kappa shape index (κ2) is 7.36. The molecule has 1 N–H and O–H groups in total. The molecule has 1 aromatic rings. The molecule has 0 spiro atoms. The zero-order valence-corrected chi connectivity index (χ0v) is 11.8. The van der Waals surface area contributed by atoms with E-state index in [0.717, 1.165) is 25.9 Å². The SMILES string of the molecule is COCC(=O)N[C@@H]1CCCN(Cc2ccccc2F)C1. The molecule has 20 heavy (non-hydrogen) atoms. The molecule has 0 saturated carbocycles. The largest absolute Gasteiger partial charge is 0.375 e. The molecule has 1 atom stereocenters. The lowest BCUT2D eigenvalue weighted by molar-refractivity contribution is -0.125. The van der Waals surface area contributed by atoms with Crippen LogP contribution in [0, 0.1) is 5.82 Å². The first-order chi connectivity index (χ1) is 9.69. The average Bonchev–Trinajstić information content (AvgIpc) is 2.42. The zero-order chi connectivity index (χ0) is 14.4. The highest BCUT2D eigenvalue weighted by Crippen LogP contribution is 2.15. The third-order valence-electron chi connectivity index (χ3n) is 3.50. The van der Waals surface area contributed by atoms with E-state index in [2.05, 4.69) is 10.2 Å². The summed E-state index contributed by atoms with van der Waals surface area (Å²) < 4.78 is 18.4. The van der Waals surface area contributed by atoms with Crippen LogP contribution in [0.2, 0.25) is 0 Å². The molecular weight excluding hydrogens is 259 g/mol. The van der Waals surface area contributed by atoms with E-state index in [1.165, 1.54) is 13.2 Å². The molecule has 2 rings (SSSR count). The maximum absolute atomic E-state index is 13.6. The summed E-state index contributed by atoms with van der Waals surface area (Å²) in [4.78, 5) is 13.7. The minimum atomic E-state index is -0.168.